The lowest BCUT2D eigenvalue weighted by Gasteiger charge is -1.99. The predicted octanol–water partition coefficient (Wildman–Crippen LogP) is 1.47. The Bertz CT molecular complexity index is 233. The van der Waals surface area contributed by atoms with Crippen molar-refractivity contribution < 1.29 is 5.11 Å². The molecule has 0 unspecified atom stereocenters. The highest BCUT2D eigenvalue weighted by atomic mass is 16.3. The molecule has 0 aliphatic heterocycles. The number of aromatic hydroxyl groups is 1. The first kappa shape index (κ1) is 7.06. The smallest absolute Gasteiger partial charge is 0.137 e. The van der Waals surface area contributed by atoms with Gasteiger partial charge in [0.2, 0.25) is 0 Å². The molecule has 1 N–H and O–H groups in total. The van der Waals surface area contributed by atoms with Crippen LogP contribution in [0.4, 0.5) is 0 Å². The highest BCUT2D eigenvalue weighted by Crippen LogP contribution is 2.13. The van der Waals surface area contributed by atoms with Gasteiger partial charge in [-0.05, 0) is 32.4 Å². The minimum atomic E-state index is 0.237. The molecule has 0 amide bonds. The fourth-order valence-electron chi connectivity index (χ4n) is 0.787. The Morgan fingerprint density at radius 2 is 2.30 bits per heavy atom. The number of hydrogen-bond donors (Lipinski definition) is 1. The summed E-state index contributed by atoms with van der Waals surface area (Å²) in [6, 6.07) is 3.41. The van der Waals surface area contributed by atoms with Crippen LogP contribution in [0.15, 0.2) is 12.1 Å². The maximum absolute atomic E-state index is 9.13. The molecule has 2 heteroatoms. The number of aromatic nitrogens is 1. The topological polar surface area (TPSA) is 33.1 Å². The van der Waals surface area contributed by atoms with E-state index in [1.54, 1.807) is 12.1 Å². The van der Waals surface area contributed by atoms with Crippen molar-refractivity contribution in [3.63, 3.8) is 0 Å². The summed E-state index contributed by atoms with van der Waals surface area (Å²) in [7, 11) is 0. The average Bonchev–Trinajstić information content (AvgIpc) is 1.94. The van der Waals surface area contributed by atoms with Gasteiger partial charge in [0.15, 0.2) is 0 Å². The highest BCUT2D eigenvalue weighted by Gasteiger charge is 1.98. The number of aryl methyl sites for hydroxylation is 1. The molecule has 1 rings (SSSR count). The highest BCUT2D eigenvalue weighted by molar-refractivity contribution is 5.27. The molecule has 0 atom stereocenters. The molecule has 10 heavy (non-hydrogen) atoms. The summed E-state index contributed by atoms with van der Waals surface area (Å²) in [5.41, 5.74) is 1.58. The molecule has 2 nitrogen and oxygen atoms in total. The van der Waals surface area contributed by atoms with Crippen LogP contribution in [-0.2, 0) is 6.42 Å². The van der Waals surface area contributed by atoms with Gasteiger partial charge in [0, 0.05) is 5.69 Å². The summed E-state index contributed by atoms with van der Waals surface area (Å²) >= 11 is 0. The van der Waals surface area contributed by atoms with Gasteiger partial charge < -0.3 is 5.11 Å². The van der Waals surface area contributed by atoms with E-state index in [9.17, 15) is 0 Å². The normalized spacial score (nSPS) is 9.80. The first-order chi connectivity index (χ1) is 4.74. The summed E-state index contributed by atoms with van der Waals surface area (Å²) < 4.78 is 0. The minimum absolute atomic E-state index is 0.237. The van der Waals surface area contributed by atoms with Gasteiger partial charge in [0.25, 0.3) is 0 Å². The molecular weight excluding hydrogens is 126 g/mol. The van der Waals surface area contributed by atoms with Crippen LogP contribution in [0.25, 0.3) is 0 Å². The van der Waals surface area contributed by atoms with Crippen molar-refractivity contribution in [3.05, 3.63) is 30.4 Å². The molecule has 0 aliphatic rings. The molecule has 0 aliphatic carbocycles. The Morgan fingerprint density at radius 3 is 2.80 bits per heavy atom. The Labute approximate surface area is 60.5 Å². The molecular formula is C8H10NO. The standard InChI is InChI=1S/C8H10NO/c1-3-7-8(10)5-4-6(2)9-7/h4-5,10H,1,3H2,2H3. The van der Waals surface area contributed by atoms with Crippen molar-refractivity contribution in [1.82, 2.24) is 4.98 Å². The zero-order valence-electron chi connectivity index (χ0n) is 5.96. The fourth-order valence-corrected chi connectivity index (χ4v) is 0.787. The number of rotatable bonds is 1. The van der Waals surface area contributed by atoms with Crippen LogP contribution in [0.1, 0.15) is 11.4 Å². The lowest BCUT2D eigenvalue weighted by atomic mass is 10.2. The van der Waals surface area contributed by atoms with Crippen LogP contribution in [-0.4, -0.2) is 10.1 Å². The molecule has 1 heterocycles. The molecule has 0 bridgehead atoms. The zero-order chi connectivity index (χ0) is 7.56. The third kappa shape index (κ3) is 1.26. The van der Waals surface area contributed by atoms with Crippen molar-refractivity contribution in [1.29, 1.82) is 0 Å². The van der Waals surface area contributed by atoms with Crippen LogP contribution < -0.4 is 0 Å². The minimum Gasteiger partial charge on any atom is -0.506 e. The predicted molar refractivity (Wildman–Crippen MR) is 39.7 cm³/mol. The number of hydrogen-bond acceptors (Lipinski definition) is 2. The molecule has 0 saturated carbocycles. The summed E-state index contributed by atoms with van der Waals surface area (Å²) in [6.45, 7) is 5.52. The van der Waals surface area contributed by atoms with Crippen molar-refractivity contribution >= 4 is 0 Å². The Morgan fingerprint density at radius 1 is 1.60 bits per heavy atom. The molecule has 1 aromatic heterocycles. The van der Waals surface area contributed by atoms with E-state index in [2.05, 4.69) is 11.9 Å². The van der Waals surface area contributed by atoms with E-state index in [-0.39, 0.29) is 5.75 Å². The zero-order valence-corrected chi connectivity index (χ0v) is 5.96. The van der Waals surface area contributed by atoms with E-state index < -0.39 is 0 Å². The van der Waals surface area contributed by atoms with Gasteiger partial charge in [0.05, 0.1) is 5.69 Å². The van der Waals surface area contributed by atoms with Gasteiger partial charge in [0.1, 0.15) is 5.75 Å². The van der Waals surface area contributed by atoms with E-state index in [1.165, 1.54) is 0 Å². The second kappa shape index (κ2) is 2.69. The monoisotopic (exact) mass is 136 g/mol. The molecule has 0 fully saturated rings. The Kier molecular flexibility index (Phi) is 1.90. The molecule has 0 spiro atoms. The van der Waals surface area contributed by atoms with E-state index in [0.29, 0.717) is 12.1 Å². The van der Waals surface area contributed by atoms with Gasteiger partial charge in [-0.2, -0.15) is 0 Å². The summed E-state index contributed by atoms with van der Waals surface area (Å²) in [5, 5.41) is 9.13. The van der Waals surface area contributed by atoms with Crippen molar-refractivity contribution in [3.8, 4) is 5.75 Å². The summed E-state index contributed by atoms with van der Waals surface area (Å²) in [5.74, 6) is 0.237. The second-order valence-electron chi connectivity index (χ2n) is 2.17. The summed E-state index contributed by atoms with van der Waals surface area (Å²) in [6.07, 6.45) is 0.535. The molecule has 0 saturated heterocycles. The average molecular weight is 136 g/mol. The van der Waals surface area contributed by atoms with Crippen LogP contribution in [0, 0.1) is 13.8 Å². The largest absolute Gasteiger partial charge is 0.506 e. The van der Waals surface area contributed by atoms with E-state index in [0.717, 1.165) is 5.69 Å². The first-order valence-corrected chi connectivity index (χ1v) is 3.19. The fraction of sp³-hybridized carbons (Fsp3) is 0.250. The van der Waals surface area contributed by atoms with Gasteiger partial charge in [-0.25, -0.2) is 0 Å². The van der Waals surface area contributed by atoms with Gasteiger partial charge in [-0.1, -0.05) is 0 Å². The second-order valence-corrected chi connectivity index (χ2v) is 2.17. The Balaban J connectivity index is 3.09. The third-order valence-electron chi connectivity index (χ3n) is 1.33. The van der Waals surface area contributed by atoms with E-state index in [1.807, 2.05) is 6.92 Å². The number of nitrogens with zero attached hydrogens (tertiary/aromatic N) is 1. The molecule has 53 valence electrons. The SMILES string of the molecule is [CH2]Cc1nc(C)ccc1O. The summed E-state index contributed by atoms with van der Waals surface area (Å²) in [4.78, 5) is 4.08. The molecule has 0 aromatic carbocycles. The van der Waals surface area contributed by atoms with Crippen molar-refractivity contribution in [2.45, 2.75) is 13.3 Å². The van der Waals surface area contributed by atoms with Gasteiger partial charge in [-0.15, -0.1) is 0 Å². The van der Waals surface area contributed by atoms with Gasteiger partial charge >= 0.3 is 0 Å². The van der Waals surface area contributed by atoms with Crippen LogP contribution in [0.3, 0.4) is 0 Å². The maximum Gasteiger partial charge on any atom is 0.137 e. The maximum atomic E-state index is 9.13. The first-order valence-electron chi connectivity index (χ1n) is 3.19. The van der Waals surface area contributed by atoms with E-state index in [4.69, 9.17) is 5.11 Å². The Hall–Kier alpha value is -1.05. The van der Waals surface area contributed by atoms with Crippen molar-refractivity contribution in [2.75, 3.05) is 0 Å². The van der Waals surface area contributed by atoms with Crippen LogP contribution >= 0.6 is 0 Å². The molecule has 1 radical (unpaired) electrons. The number of pyridine rings is 1. The lowest BCUT2D eigenvalue weighted by Crippen LogP contribution is -1.89. The lowest BCUT2D eigenvalue weighted by molar-refractivity contribution is 0.465. The molecule has 1 aromatic rings. The quantitative estimate of drug-likeness (QED) is 0.634. The third-order valence-corrected chi connectivity index (χ3v) is 1.33. The van der Waals surface area contributed by atoms with E-state index >= 15 is 0 Å². The van der Waals surface area contributed by atoms with Crippen LogP contribution in [0.2, 0.25) is 0 Å². The van der Waals surface area contributed by atoms with Crippen LogP contribution in [0.5, 0.6) is 5.75 Å². The van der Waals surface area contributed by atoms with Crippen molar-refractivity contribution in [2.24, 2.45) is 0 Å². The van der Waals surface area contributed by atoms with Gasteiger partial charge in [-0.3, -0.25) is 4.98 Å².